The second-order valence-corrected chi connectivity index (χ2v) is 3.77. The molecule has 15 heavy (non-hydrogen) atoms. The zero-order chi connectivity index (χ0) is 11.1. The number of hydrogen-bond acceptors (Lipinski definition) is 4. The molecule has 0 radical (unpaired) electrons. The van der Waals surface area contributed by atoms with Crippen molar-refractivity contribution in [1.29, 1.82) is 0 Å². The molecule has 2 rings (SSSR count). The molecule has 1 heterocycles. The summed E-state index contributed by atoms with van der Waals surface area (Å²) in [6.07, 6.45) is 0.780. The van der Waals surface area contributed by atoms with E-state index in [0.717, 1.165) is 11.8 Å². The summed E-state index contributed by atoms with van der Waals surface area (Å²) in [7, 11) is 0. The quantitative estimate of drug-likeness (QED) is 0.447. The molecule has 0 saturated carbocycles. The van der Waals surface area contributed by atoms with Crippen LogP contribution < -0.4 is 5.32 Å². The molecule has 0 bridgehead atoms. The summed E-state index contributed by atoms with van der Waals surface area (Å²) in [6, 6.07) is 4.61. The lowest BCUT2D eigenvalue weighted by molar-refractivity contribution is -0.384. The molecule has 1 atom stereocenters. The third kappa shape index (κ3) is 1.41. The monoisotopic (exact) mass is 206 g/mol. The van der Waals surface area contributed by atoms with E-state index in [4.69, 9.17) is 0 Å². The average Bonchev–Trinajstić information content (AvgIpc) is 2.57. The van der Waals surface area contributed by atoms with Crippen LogP contribution in [-0.2, 0) is 16.9 Å². The fraction of sp³-hybridized carbons (Fsp3) is 0.300. The first-order valence-electron chi connectivity index (χ1n) is 4.56. The summed E-state index contributed by atoms with van der Waals surface area (Å²) in [5, 5.41) is 13.6. The van der Waals surface area contributed by atoms with E-state index in [0.29, 0.717) is 12.1 Å². The fourth-order valence-electron chi connectivity index (χ4n) is 1.79. The van der Waals surface area contributed by atoms with E-state index in [1.807, 2.05) is 0 Å². The third-order valence-corrected chi connectivity index (χ3v) is 2.75. The number of benzene rings is 1. The van der Waals surface area contributed by atoms with Crippen molar-refractivity contribution in [3.63, 3.8) is 0 Å². The lowest BCUT2D eigenvalue weighted by atomic mass is 9.94. The van der Waals surface area contributed by atoms with Crippen LogP contribution in [0.4, 0.5) is 5.69 Å². The topological polar surface area (TPSA) is 72.2 Å². The molecule has 1 aromatic carbocycles. The highest BCUT2D eigenvalue weighted by Gasteiger charge is 2.34. The minimum absolute atomic E-state index is 0.0190. The van der Waals surface area contributed by atoms with Crippen LogP contribution >= 0.6 is 0 Å². The molecule has 1 N–H and O–H groups in total. The van der Waals surface area contributed by atoms with Crippen LogP contribution in [0.25, 0.3) is 0 Å². The van der Waals surface area contributed by atoms with Crippen molar-refractivity contribution >= 4 is 12.0 Å². The normalized spacial score (nSPS) is 23.5. The Morgan fingerprint density at radius 1 is 1.60 bits per heavy atom. The maximum Gasteiger partial charge on any atom is 0.269 e. The number of nitrogens with one attached hydrogen (secondary N) is 1. The van der Waals surface area contributed by atoms with Crippen LogP contribution in [0.2, 0.25) is 0 Å². The highest BCUT2D eigenvalue weighted by molar-refractivity contribution is 5.70. The maximum absolute atomic E-state index is 10.9. The van der Waals surface area contributed by atoms with E-state index in [9.17, 15) is 14.9 Å². The largest absolute Gasteiger partial charge is 0.301 e. The van der Waals surface area contributed by atoms with Crippen molar-refractivity contribution in [2.45, 2.75) is 19.0 Å². The van der Waals surface area contributed by atoms with Gasteiger partial charge in [-0.05, 0) is 18.1 Å². The van der Waals surface area contributed by atoms with Crippen LogP contribution in [0.3, 0.4) is 0 Å². The number of nitrogens with zero attached hydrogens (tertiary/aromatic N) is 1. The SMILES string of the molecule is CC1(C=O)NCc2ccc([N+](=O)[O-])cc21. The Labute approximate surface area is 86.2 Å². The van der Waals surface area contributed by atoms with Crippen molar-refractivity contribution < 1.29 is 9.72 Å². The standard InChI is InChI=1S/C10H10N2O3/c1-10(6-13)9-4-8(12(14)15)3-2-7(9)5-11-10/h2-4,6,11H,5H2,1H3. The van der Waals surface area contributed by atoms with E-state index in [-0.39, 0.29) is 5.69 Å². The lowest BCUT2D eigenvalue weighted by Crippen LogP contribution is -2.34. The summed E-state index contributed by atoms with van der Waals surface area (Å²) >= 11 is 0. The number of nitro groups is 1. The summed E-state index contributed by atoms with van der Waals surface area (Å²) in [5.74, 6) is 0. The first-order chi connectivity index (χ1) is 7.07. The molecule has 0 amide bonds. The average molecular weight is 206 g/mol. The molecule has 0 aliphatic carbocycles. The molecule has 5 nitrogen and oxygen atoms in total. The Morgan fingerprint density at radius 3 is 2.93 bits per heavy atom. The van der Waals surface area contributed by atoms with Crippen LogP contribution in [0.15, 0.2) is 18.2 Å². The Morgan fingerprint density at radius 2 is 2.33 bits per heavy atom. The zero-order valence-electron chi connectivity index (χ0n) is 8.19. The van der Waals surface area contributed by atoms with Crippen LogP contribution in [-0.4, -0.2) is 11.2 Å². The number of nitro benzene ring substituents is 1. The number of aldehydes is 1. The molecule has 0 aromatic heterocycles. The maximum atomic E-state index is 10.9. The van der Waals surface area contributed by atoms with Gasteiger partial charge in [0.2, 0.25) is 0 Å². The predicted octanol–water partition coefficient (Wildman–Crippen LogP) is 1.11. The Balaban J connectivity index is 2.56. The summed E-state index contributed by atoms with van der Waals surface area (Å²) < 4.78 is 0. The zero-order valence-corrected chi connectivity index (χ0v) is 8.19. The van der Waals surface area contributed by atoms with Gasteiger partial charge in [-0.3, -0.25) is 15.4 Å². The summed E-state index contributed by atoms with van der Waals surface area (Å²) in [6.45, 7) is 2.29. The molecule has 1 unspecified atom stereocenters. The number of fused-ring (bicyclic) bond motifs is 1. The number of rotatable bonds is 2. The van der Waals surface area contributed by atoms with Gasteiger partial charge >= 0.3 is 0 Å². The van der Waals surface area contributed by atoms with Gasteiger partial charge in [-0.15, -0.1) is 0 Å². The van der Waals surface area contributed by atoms with Crippen LogP contribution in [0, 0.1) is 10.1 Å². The highest BCUT2D eigenvalue weighted by atomic mass is 16.6. The summed E-state index contributed by atoms with van der Waals surface area (Å²) in [5.41, 5.74) is 0.869. The van der Waals surface area contributed by atoms with Crippen LogP contribution in [0.1, 0.15) is 18.1 Å². The van der Waals surface area contributed by atoms with Gasteiger partial charge in [0.25, 0.3) is 5.69 Å². The molecule has 0 saturated heterocycles. The second kappa shape index (κ2) is 3.13. The third-order valence-electron chi connectivity index (χ3n) is 2.75. The fourth-order valence-corrected chi connectivity index (χ4v) is 1.79. The Bertz CT molecular complexity index is 444. The van der Waals surface area contributed by atoms with Crippen molar-refractivity contribution in [3.8, 4) is 0 Å². The lowest BCUT2D eigenvalue weighted by Gasteiger charge is -2.17. The second-order valence-electron chi connectivity index (χ2n) is 3.77. The predicted molar refractivity (Wildman–Crippen MR) is 53.4 cm³/mol. The molecule has 1 aliphatic heterocycles. The minimum atomic E-state index is -0.790. The van der Waals surface area contributed by atoms with Crippen LogP contribution in [0.5, 0.6) is 0 Å². The van der Waals surface area contributed by atoms with Crippen molar-refractivity contribution in [2.75, 3.05) is 0 Å². The van der Waals surface area contributed by atoms with Crippen molar-refractivity contribution in [1.82, 2.24) is 5.32 Å². The molecular weight excluding hydrogens is 196 g/mol. The minimum Gasteiger partial charge on any atom is -0.301 e. The first-order valence-corrected chi connectivity index (χ1v) is 4.56. The molecule has 5 heteroatoms. The van der Waals surface area contributed by atoms with Gasteiger partial charge in [-0.2, -0.15) is 0 Å². The van der Waals surface area contributed by atoms with Gasteiger partial charge in [0.1, 0.15) is 6.29 Å². The van der Waals surface area contributed by atoms with E-state index in [1.54, 1.807) is 13.0 Å². The summed E-state index contributed by atoms with van der Waals surface area (Å²) in [4.78, 5) is 21.1. The van der Waals surface area contributed by atoms with Crippen molar-refractivity contribution in [2.24, 2.45) is 0 Å². The number of non-ortho nitro benzene ring substituents is 1. The van der Waals surface area contributed by atoms with E-state index >= 15 is 0 Å². The Kier molecular flexibility index (Phi) is 2.04. The highest BCUT2D eigenvalue weighted by Crippen LogP contribution is 2.31. The molecule has 0 spiro atoms. The van der Waals surface area contributed by atoms with E-state index < -0.39 is 10.5 Å². The Hall–Kier alpha value is -1.75. The number of carbonyl (C=O) groups excluding carboxylic acids is 1. The van der Waals surface area contributed by atoms with Gasteiger partial charge in [-0.25, -0.2) is 0 Å². The van der Waals surface area contributed by atoms with Crippen molar-refractivity contribution in [3.05, 3.63) is 39.4 Å². The van der Waals surface area contributed by atoms with E-state index in [2.05, 4.69) is 5.32 Å². The smallest absolute Gasteiger partial charge is 0.269 e. The van der Waals surface area contributed by atoms with Gasteiger partial charge in [0, 0.05) is 18.7 Å². The molecule has 78 valence electrons. The van der Waals surface area contributed by atoms with Gasteiger partial charge < -0.3 is 4.79 Å². The van der Waals surface area contributed by atoms with Gasteiger partial charge in [0.15, 0.2) is 0 Å². The van der Waals surface area contributed by atoms with Gasteiger partial charge in [-0.1, -0.05) is 6.07 Å². The molecule has 1 aromatic rings. The van der Waals surface area contributed by atoms with Gasteiger partial charge in [0.05, 0.1) is 10.5 Å². The number of carbonyl (C=O) groups is 1. The van der Waals surface area contributed by atoms with E-state index in [1.165, 1.54) is 12.1 Å². The molecule has 0 fully saturated rings. The molecular formula is C10H10N2O3. The first kappa shape index (κ1) is 9.79. The molecule has 1 aliphatic rings. The number of hydrogen-bond donors (Lipinski definition) is 1.